The minimum atomic E-state index is -4.48. The molecule has 1 saturated heterocycles. The number of hydrogen-bond acceptors (Lipinski definition) is 5. The zero-order valence-corrected chi connectivity index (χ0v) is 21.2. The van der Waals surface area contributed by atoms with E-state index in [4.69, 9.17) is 4.74 Å². The first-order chi connectivity index (χ1) is 18.0. The summed E-state index contributed by atoms with van der Waals surface area (Å²) in [6, 6.07) is 14.3. The molecule has 0 aliphatic carbocycles. The lowest BCUT2D eigenvalue weighted by Gasteiger charge is -2.35. The molecule has 202 valence electrons. The number of benzene rings is 3. The van der Waals surface area contributed by atoms with Crippen LogP contribution in [0.4, 0.5) is 28.9 Å². The topological polar surface area (TPSA) is 79.0 Å². The number of carbonyl (C=O) groups excluding carboxylic acids is 1. The van der Waals surface area contributed by atoms with Crippen molar-refractivity contribution in [2.45, 2.75) is 18.0 Å². The van der Waals surface area contributed by atoms with Crippen LogP contribution in [0.15, 0.2) is 71.6 Å². The van der Waals surface area contributed by atoms with E-state index in [1.807, 2.05) is 0 Å². The van der Waals surface area contributed by atoms with Gasteiger partial charge in [-0.15, -0.1) is 0 Å². The summed E-state index contributed by atoms with van der Waals surface area (Å²) in [7, 11) is -4.02. The fourth-order valence-corrected chi connectivity index (χ4v) is 5.55. The lowest BCUT2D eigenvalue weighted by Crippen LogP contribution is -2.48. The number of piperazine rings is 1. The second-order valence-corrected chi connectivity index (χ2v) is 10.4. The van der Waals surface area contributed by atoms with Gasteiger partial charge in [0.1, 0.15) is 11.6 Å². The fourth-order valence-electron chi connectivity index (χ4n) is 4.10. The molecule has 1 fully saturated rings. The second kappa shape index (κ2) is 11.0. The molecule has 0 bridgehead atoms. The molecule has 0 unspecified atom stereocenters. The van der Waals surface area contributed by atoms with Gasteiger partial charge in [-0.2, -0.15) is 17.5 Å². The Hall–Kier alpha value is -3.64. The summed E-state index contributed by atoms with van der Waals surface area (Å²) >= 11 is 0. The number of amides is 1. The Morgan fingerprint density at radius 1 is 0.974 bits per heavy atom. The Bertz CT molecular complexity index is 1420. The molecule has 38 heavy (non-hydrogen) atoms. The van der Waals surface area contributed by atoms with Gasteiger partial charge < -0.3 is 15.0 Å². The Kier molecular flexibility index (Phi) is 7.93. The number of nitrogens with one attached hydrogen (secondary N) is 1. The first-order valence-electron chi connectivity index (χ1n) is 11.8. The molecule has 1 aliphatic rings. The van der Waals surface area contributed by atoms with E-state index in [-0.39, 0.29) is 54.7 Å². The molecule has 1 N–H and O–H groups in total. The quantitative estimate of drug-likeness (QED) is 0.418. The second-order valence-electron chi connectivity index (χ2n) is 8.46. The Labute approximate surface area is 217 Å². The third-order valence-electron chi connectivity index (χ3n) is 6.03. The fraction of sp³-hybridized carbons (Fsp3) is 0.269. The number of hydrogen-bond donors (Lipinski definition) is 1. The number of rotatable bonds is 7. The van der Waals surface area contributed by atoms with E-state index in [1.165, 1.54) is 46.8 Å². The Balaban J connectivity index is 1.53. The van der Waals surface area contributed by atoms with Crippen LogP contribution in [0, 0.1) is 5.82 Å². The van der Waals surface area contributed by atoms with Crippen molar-refractivity contribution >= 4 is 27.3 Å². The van der Waals surface area contributed by atoms with Gasteiger partial charge in [0.25, 0.3) is 5.91 Å². The zero-order valence-electron chi connectivity index (χ0n) is 20.3. The van der Waals surface area contributed by atoms with Crippen LogP contribution in [0.3, 0.4) is 0 Å². The molecule has 0 aromatic heterocycles. The molecule has 3 aromatic carbocycles. The van der Waals surface area contributed by atoms with Crippen molar-refractivity contribution in [1.82, 2.24) is 4.31 Å². The SMILES string of the molecule is CCOc1ccc(S(=O)(=O)N2CCN(c3cccc(C(F)(F)F)c3)CC2)cc1NC(=O)c1ccccc1F. The molecule has 3 aromatic rings. The maximum Gasteiger partial charge on any atom is 0.416 e. The molecule has 0 saturated carbocycles. The van der Waals surface area contributed by atoms with Gasteiger partial charge in [0.2, 0.25) is 10.0 Å². The maximum absolute atomic E-state index is 14.1. The van der Waals surface area contributed by atoms with Gasteiger partial charge in [0.05, 0.1) is 28.3 Å². The molecule has 0 radical (unpaired) electrons. The van der Waals surface area contributed by atoms with Gasteiger partial charge in [-0.05, 0) is 55.5 Å². The monoisotopic (exact) mass is 551 g/mol. The molecule has 1 amide bonds. The van der Waals surface area contributed by atoms with E-state index in [9.17, 15) is 30.8 Å². The number of anilines is 2. The summed E-state index contributed by atoms with van der Waals surface area (Å²) in [5, 5.41) is 2.53. The first kappa shape index (κ1) is 27.4. The standard InChI is InChI=1S/C26H25F4N3O4S/c1-2-37-24-11-10-20(17-23(24)31-25(34)21-8-3-4-9-22(21)27)38(35,36)33-14-12-32(13-15-33)19-7-5-6-18(16-19)26(28,29)30/h3-11,16-17H,2,12-15H2,1H3,(H,31,34). The number of nitrogens with zero attached hydrogens (tertiary/aromatic N) is 2. The minimum Gasteiger partial charge on any atom is -0.492 e. The highest BCUT2D eigenvalue weighted by Gasteiger charge is 2.33. The van der Waals surface area contributed by atoms with Gasteiger partial charge in [0.15, 0.2) is 0 Å². The van der Waals surface area contributed by atoms with Crippen molar-refractivity contribution in [3.8, 4) is 5.75 Å². The van der Waals surface area contributed by atoms with E-state index in [2.05, 4.69) is 5.32 Å². The lowest BCUT2D eigenvalue weighted by molar-refractivity contribution is -0.137. The maximum atomic E-state index is 14.1. The molecule has 12 heteroatoms. The highest BCUT2D eigenvalue weighted by molar-refractivity contribution is 7.89. The van der Waals surface area contributed by atoms with Crippen LogP contribution < -0.4 is 15.0 Å². The molecule has 7 nitrogen and oxygen atoms in total. The minimum absolute atomic E-state index is 0.0444. The Morgan fingerprint density at radius 2 is 1.68 bits per heavy atom. The summed E-state index contributed by atoms with van der Waals surface area (Å²) in [6.45, 7) is 2.43. The predicted molar refractivity (Wildman–Crippen MR) is 134 cm³/mol. The van der Waals surface area contributed by atoms with Crippen LogP contribution in [0.1, 0.15) is 22.8 Å². The van der Waals surface area contributed by atoms with Gasteiger partial charge in [-0.1, -0.05) is 18.2 Å². The van der Waals surface area contributed by atoms with Crippen LogP contribution in [-0.2, 0) is 16.2 Å². The van der Waals surface area contributed by atoms with Crippen molar-refractivity contribution in [2.75, 3.05) is 43.0 Å². The van der Waals surface area contributed by atoms with E-state index < -0.39 is 33.5 Å². The Morgan fingerprint density at radius 3 is 2.34 bits per heavy atom. The zero-order chi connectivity index (χ0) is 27.5. The van der Waals surface area contributed by atoms with Gasteiger partial charge >= 0.3 is 6.18 Å². The summed E-state index contributed by atoms with van der Waals surface area (Å²) in [6.07, 6.45) is -4.48. The number of halogens is 4. The number of carbonyl (C=O) groups is 1. The van der Waals surface area contributed by atoms with Crippen LogP contribution in [0.5, 0.6) is 5.75 Å². The third-order valence-corrected chi connectivity index (χ3v) is 7.93. The highest BCUT2D eigenvalue weighted by atomic mass is 32.2. The molecule has 4 rings (SSSR count). The van der Waals surface area contributed by atoms with Crippen molar-refractivity contribution < 1.29 is 35.5 Å². The number of ether oxygens (including phenoxy) is 1. The van der Waals surface area contributed by atoms with E-state index >= 15 is 0 Å². The van der Waals surface area contributed by atoms with Crippen molar-refractivity contribution in [3.63, 3.8) is 0 Å². The summed E-state index contributed by atoms with van der Waals surface area (Å²) in [5.41, 5.74) is -0.571. The van der Waals surface area contributed by atoms with Crippen LogP contribution >= 0.6 is 0 Å². The number of sulfonamides is 1. The lowest BCUT2D eigenvalue weighted by atomic mass is 10.1. The average Bonchev–Trinajstić information content (AvgIpc) is 2.89. The van der Waals surface area contributed by atoms with Gasteiger partial charge in [-0.3, -0.25) is 4.79 Å². The van der Waals surface area contributed by atoms with Gasteiger partial charge in [-0.25, -0.2) is 12.8 Å². The van der Waals surface area contributed by atoms with Crippen LogP contribution in [-0.4, -0.2) is 51.4 Å². The van der Waals surface area contributed by atoms with E-state index in [0.717, 1.165) is 18.2 Å². The predicted octanol–water partition coefficient (Wildman–Crippen LogP) is 5.01. The van der Waals surface area contributed by atoms with Gasteiger partial charge in [0, 0.05) is 31.9 Å². The summed E-state index contributed by atoms with van der Waals surface area (Å²) < 4.78 is 86.9. The highest BCUT2D eigenvalue weighted by Crippen LogP contribution is 2.33. The molecule has 0 spiro atoms. The van der Waals surface area contributed by atoms with Crippen LogP contribution in [0.25, 0.3) is 0 Å². The molecule has 0 atom stereocenters. The summed E-state index contributed by atoms with van der Waals surface area (Å²) in [5.74, 6) is -1.29. The number of alkyl halides is 3. The first-order valence-corrected chi connectivity index (χ1v) is 13.2. The van der Waals surface area contributed by atoms with Crippen molar-refractivity contribution in [3.05, 3.63) is 83.7 Å². The van der Waals surface area contributed by atoms with Crippen molar-refractivity contribution in [2.24, 2.45) is 0 Å². The molecule has 1 aliphatic heterocycles. The third kappa shape index (κ3) is 5.91. The largest absolute Gasteiger partial charge is 0.492 e. The smallest absolute Gasteiger partial charge is 0.416 e. The molecular formula is C26H25F4N3O4S. The molecule has 1 heterocycles. The van der Waals surface area contributed by atoms with E-state index in [0.29, 0.717) is 5.69 Å². The normalized spacial score (nSPS) is 14.8. The average molecular weight is 552 g/mol. The summed E-state index contributed by atoms with van der Waals surface area (Å²) in [4.78, 5) is 14.2. The molecular weight excluding hydrogens is 526 g/mol. The van der Waals surface area contributed by atoms with E-state index in [1.54, 1.807) is 17.9 Å². The van der Waals surface area contributed by atoms with Crippen LogP contribution in [0.2, 0.25) is 0 Å². The van der Waals surface area contributed by atoms with Crippen molar-refractivity contribution in [1.29, 1.82) is 0 Å².